The molecule has 0 spiro atoms. The fourth-order valence-corrected chi connectivity index (χ4v) is 1.60. The summed E-state index contributed by atoms with van der Waals surface area (Å²) >= 11 is 6.04. The number of hydrogen-bond donors (Lipinski definition) is 0. The number of rotatable bonds is 4. The summed E-state index contributed by atoms with van der Waals surface area (Å²) in [6.45, 7) is 3.49. The Morgan fingerprint density at radius 2 is 2.29 bits per heavy atom. The molecule has 76 valence electrons. The predicted octanol–water partition coefficient (Wildman–Crippen LogP) is 2.82. The van der Waals surface area contributed by atoms with Gasteiger partial charge in [0.15, 0.2) is 0 Å². The van der Waals surface area contributed by atoms with Crippen LogP contribution >= 0.6 is 11.6 Å². The zero-order chi connectivity index (χ0) is 9.97. The minimum Gasteiger partial charge on any atom is -0.371 e. The smallest absolute Gasteiger partial charge is 0.104 e. The average molecular weight is 213 g/mol. The molecule has 0 aromatic heterocycles. The Morgan fingerprint density at radius 1 is 1.57 bits per heavy atom. The molecule has 0 amide bonds. The van der Waals surface area contributed by atoms with Crippen molar-refractivity contribution in [1.82, 2.24) is 0 Å². The van der Waals surface area contributed by atoms with Gasteiger partial charge in [-0.2, -0.15) is 0 Å². The van der Waals surface area contributed by atoms with Gasteiger partial charge in [0.05, 0.1) is 19.3 Å². The van der Waals surface area contributed by atoms with E-state index < -0.39 is 0 Å². The molecular weight excluding hydrogens is 200 g/mol. The van der Waals surface area contributed by atoms with Crippen molar-refractivity contribution in [3.8, 4) is 0 Å². The lowest BCUT2D eigenvalue weighted by atomic mass is 10.1. The highest BCUT2D eigenvalue weighted by atomic mass is 35.5. The molecule has 1 heterocycles. The molecule has 14 heavy (non-hydrogen) atoms. The third kappa shape index (κ3) is 2.47. The van der Waals surface area contributed by atoms with Crippen LogP contribution in [0.3, 0.4) is 0 Å². The molecule has 2 nitrogen and oxygen atoms in total. The summed E-state index contributed by atoms with van der Waals surface area (Å²) < 4.78 is 10.7. The molecule has 0 N–H and O–H groups in total. The van der Waals surface area contributed by atoms with Gasteiger partial charge in [0, 0.05) is 5.02 Å². The van der Waals surface area contributed by atoms with E-state index in [4.69, 9.17) is 21.1 Å². The minimum absolute atomic E-state index is 0.0351. The Hall–Kier alpha value is -0.570. The highest BCUT2D eigenvalue weighted by molar-refractivity contribution is 6.31. The van der Waals surface area contributed by atoms with Crippen molar-refractivity contribution >= 4 is 11.6 Å². The zero-order valence-corrected chi connectivity index (χ0v) is 8.83. The van der Waals surface area contributed by atoms with Crippen molar-refractivity contribution < 1.29 is 9.47 Å². The fourth-order valence-electron chi connectivity index (χ4n) is 1.31. The quantitative estimate of drug-likeness (QED) is 0.716. The first kappa shape index (κ1) is 9.97. The van der Waals surface area contributed by atoms with Gasteiger partial charge in [0.2, 0.25) is 0 Å². The van der Waals surface area contributed by atoms with Crippen LogP contribution in [0.15, 0.2) is 24.3 Å². The Morgan fingerprint density at radius 3 is 2.93 bits per heavy atom. The largest absolute Gasteiger partial charge is 0.371 e. The molecule has 3 heteroatoms. The van der Waals surface area contributed by atoms with Gasteiger partial charge in [-0.05, 0) is 18.6 Å². The summed E-state index contributed by atoms with van der Waals surface area (Å²) in [5.41, 5.74) is 1.04. The summed E-state index contributed by atoms with van der Waals surface area (Å²) in [6.07, 6.45) is 0.341. The standard InChI is InChI=1S/C11H13ClO2/c1-8(13-6-9-7-14-9)10-4-2-3-5-11(10)12/h2-5,8-9H,6-7H2,1H3/t8-,9+/m0/s1. The monoisotopic (exact) mass is 212 g/mol. The maximum Gasteiger partial charge on any atom is 0.104 e. The van der Waals surface area contributed by atoms with Gasteiger partial charge in [-0.25, -0.2) is 0 Å². The maximum absolute atomic E-state index is 6.04. The zero-order valence-electron chi connectivity index (χ0n) is 8.07. The van der Waals surface area contributed by atoms with E-state index in [1.165, 1.54) is 0 Å². The molecule has 1 aromatic carbocycles. The molecule has 0 aliphatic carbocycles. The second-order valence-electron chi connectivity index (χ2n) is 3.45. The first-order valence-electron chi connectivity index (χ1n) is 4.75. The summed E-state index contributed by atoms with van der Waals surface area (Å²) in [4.78, 5) is 0. The van der Waals surface area contributed by atoms with Crippen molar-refractivity contribution in [3.05, 3.63) is 34.9 Å². The fraction of sp³-hybridized carbons (Fsp3) is 0.455. The summed E-state index contributed by atoms with van der Waals surface area (Å²) in [5.74, 6) is 0. The summed E-state index contributed by atoms with van der Waals surface area (Å²) in [7, 11) is 0. The number of hydrogen-bond acceptors (Lipinski definition) is 2. The number of epoxide rings is 1. The van der Waals surface area contributed by atoms with Crippen LogP contribution in [-0.4, -0.2) is 19.3 Å². The lowest BCUT2D eigenvalue weighted by Gasteiger charge is -2.13. The third-order valence-corrected chi connectivity index (χ3v) is 2.62. The molecule has 0 unspecified atom stereocenters. The van der Waals surface area contributed by atoms with Crippen LogP contribution in [0.2, 0.25) is 5.02 Å². The van der Waals surface area contributed by atoms with E-state index in [0.29, 0.717) is 12.7 Å². The van der Waals surface area contributed by atoms with E-state index in [0.717, 1.165) is 17.2 Å². The molecule has 0 bridgehead atoms. The van der Waals surface area contributed by atoms with Crippen molar-refractivity contribution in [2.75, 3.05) is 13.2 Å². The van der Waals surface area contributed by atoms with Gasteiger partial charge in [-0.1, -0.05) is 29.8 Å². The molecule has 1 aliphatic rings. The van der Waals surface area contributed by atoms with Crippen LogP contribution in [-0.2, 0) is 9.47 Å². The lowest BCUT2D eigenvalue weighted by molar-refractivity contribution is 0.0540. The lowest BCUT2D eigenvalue weighted by Crippen LogP contribution is -2.06. The molecule has 1 saturated heterocycles. The Labute approximate surface area is 88.8 Å². The highest BCUT2D eigenvalue weighted by Gasteiger charge is 2.23. The Bertz CT molecular complexity index is 310. The number of ether oxygens (including phenoxy) is 2. The van der Waals surface area contributed by atoms with Crippen LogP contribution in [0, 0.1) is 0 Å². The van der Waals surface area contributed by atoms with E-state index in [2.05, 4.69) is 0 Å². The normalized spacial score (nSPS) is 22.0. The average Bonchev–Trinajstić information content (AvgIpc) is 2.98. The molecule has 1 aromatic rings. The highest BCUT2D eigenvalue weighted by Crippen LogP contribution is 2.25. The molecule has 1 fully saturated rings. The van der Waals surface area contributed by atoms with Crippen LogP contribution in [0.25, 0.3) is 0 Å². The second kappa shape index (κ2) is 4.30. The van der Waals surface area contributed by atoms with Crippen LogP contribution in [0.1, 0.15) is 18.6 Å². The van der Waals surface area contributed by atoms with Crippen molar-refractivity contribution in [2.45, 2.75) is 19.1 Å². The van der Waals surface area contributed by atoms with Gasteiger partial charge in [0.25, 0.3) is 0 Å². The number of halogens is 1. The van der Waals surface area contributed by atoms with Gasteiger partial charge < -0.3 is 9.47 Å². The van der Waals surface area contributed by atoms with Gasteiger partial charge in [-0.15, -0.1) is 0 Å². The molecule has 0 saturated carbocycles. The van der Waals surface area contributed by atoms with E-state index in [1.54, 1.807) is 0 Å². The third-order valence-electron chi connectivity index (χ3n) is 2.28. The van der Waals surface area contributed by atoms with Crippen LogP contribution in [0.5, 0.6) is 0 Å². The van der Waals surface area contributed by atoms with Crippen LogP contribution < -0.4 is 0 Å². The molecule has 2 rings (SSSR count). The molecular formula is C11H13ClO2. The topological polar surface area (TPSA) is 21.8 Å². The van der Waals surface area contributed by atoms with Gasteiger partial charge in [0.1, 0.15) is 6.10 Å². The molecule has 0 radical (unpaired) electrons. The Balaban J connectivity index is 1.95. The van der Waals surface area contributed by atoms with Crippen molar-refractivity contribution in [2.24, 2.45) is 0 Å². The van der Waals surface area contributed by atoms with Gasteiger partial charge in [-0.3, -0.25) is 0 Å². The molecule has 1 aliphatic heterocycles. The summed E-state index contributed by atoms with van der Waals surface area (Å²) in [6, 6.07) is 7.75. The predicted molar refractivity (Wildman–Crippen MR) is 55.6 cm³/mol. The van der Waals surface area contributed by atoms with Crippen molar-refractivity contribution in [3.63, 3.8) is 0 Å². The first-order chi connectivity index (χ1) is 6.77. The minimum atomic E-state index is 0.0351. The van der Waals surface area contributed by atoms with Crippen LogP contribution in [0.4, 0.5) is 0 Å². The summed E-state index contributed by atoms with van der Waals surface area (Å²) in [5, 5.41) is 0.761. The second-order valence-corrected chi connectivity index (χ2v) is 3.86. The van der Waals surface area contributed by atoms with E-state index in [9.17, 15) is 0 Å². The number of benzene rings is 1. The first-order valence-corrected chi connectivity index (χ1v) is 5.13. The van der Waals surface area contributed by atoms with E-state index in [1.807, 2.05) is 31.2 Å². The molecule has 2 atom stereocenters. The van der Waals surface area contributed by atoms with Gasteiger partial charge >= 0.3 is 0 Å². The maximum atomic E-state index is 6.04. The van der Waals surface area contributed by atoms with E-state index in [-0.39, 0.29) is 6.10 Å². The Kier molecular flexibility index (Phi) is 3.06. The SMILES string of the molecule is C[C@H](OC[C@@H]1CO1)c1ccccc1Cl. The van der Waals surface area contributed by atoms with Crippen molar-refractivity contribution in [1.29, 1.82) is 0 Å². The van der Waals surface area contributed by atoms with E-state index >= 15 is 0 Å².